The van der Waals surface area contributed by atoms with Gasteiger partial charge in [-0.05, 0) is 41.4 Å². The standard InChI is InChI=1S/C16H16N2O5S/c1-10-7-17(8-15(23-10)12-4-5-24-9-12)16(20)11-2-3-13(18(21)22)14(19)6-11/h2-6,9-10,15,19H,7-8H2,1H3/t10-,15+/m1/s1. The molecule has 1 aliphatic heterocycles. The molecule has 2 aromatic rings. The van der Waals surface area contributed by atoms with E-state index in [0.29, 0.717) is 13.1 Å². The van der Waals surface area contributed by atoms with E-state index in [4.69, 9.17) is 4.74 Å². The van der Waals surface area contributed by atoms with Crippen molar-refractivity contribution >= 4 is 22.9 Å². The maximum atomic E-state index is 12.7. The molecule has 1 aromatic carbocycles. The predicted molar refractivity (Wildman–Crippen MR) is 88.3 cm³/mol. The summed E-state index contributed by atoms with van der Waals surface area (Å²) in [5, 5.41) is 24.4. The minimum absolute atomic E-state index is 0.126. The number of aromatic hydroxyl groups is 1. The number of rotatable bonds is 3. The van der Waals surface area contributed by atoms with Gasteiger partial charge in [0.15, 0.2) is 5.75 Å². The van der Waals surface area contributed by atoms with Crippen molar-refractivity contribution in [2.45, 2.75) is 19.1 Å². The van der Waals surface area contributed by atoms with Crippen LogP contribution in [0.5, 0.6) is 5.75 Å². The molecule has 2 atom stereocenters. The van der Waals surface area contributed by atoms with Crippen molar-refractivity contribution in [2.75, 3.05) is 13.1 Å². The summed E-state index contributed by atoms with van der Waals surface area (Å²) in [5.74, 6) is -0.794. The molecular weight excluding hydrogens is 332 g/mol. The molecule has 8 heteroatoms. The van der Waals surface area contributed by atoms with Crippen LogP contribution in [0.1, 0.15) is 28.9 Å². The molecule has 1 saturated heterocycles. The summed E-state index contributed by atoms with van der Waals surface area (Å²) < 4.78 is 5.90. The summed E-state index contributed by atoms with van der Waals surface area (Å²) in [6, 6.07) is 5.61. The molecule has 0 saturated carbocycles. The summed E-state index contributed by atoms with van der Waals surface area (Å²) in [5.41, 5.74) is 0.824. The van der Waals surface area contributed by atoms with Gasteiger partial charge in [0.2, 0.25) is 0 Å². The third-order valence-corrected chi connectivity index (χ3v) is 4.58. The molecule has 1 aliphatic rings. The van der Waals surface area contributed by atoms with Gasteiger partial charge >= 0.3 is 5.69 Å². The Morgan fingerprint density at radius 3 is 2.83 bits per heavy atom. The summed E-state index contributed by atoms with van der Waals surface area (Å²) in [6.07, 6.45) is -0.324. The number of amides is 1. The molecule has 1 aromatic heterocycles. The van der Waals surface area contributed by atoms with Crippen LogP contribution in [0.2, 0.25) is 0 Å². The van der Waals surface area contributed by atoms with Crippen molar-refractivity contribution in [3.8, 4) is 5.75 Å². The molecule has 24 heavy (non-hydrogen) atoms. The predicted octanol–water partition coefficient (Wildman–Crippen LogP) is 2.96. The van der Waals surface area contributed by atoms with Crippen LogP contribution in [-0.4, -0.2) is 40.0 Å². The number of benzene rings is 1. The van der Waals surface area contributed by atoms with Gasteiger partial charge < -0.3 is 14.7 Å². The number of phenols is 1. The average molecular weight is 348 g/mol. The number of carbonyl (C=O) groups excluding carboxylic acids is 1. The van der Waals surface area contributed by atoms with Crippen LogP contribution in [0.15, 0.2) is 35.0 Å². The van der Waals surface area contributed by atoms with E-state index in [2.05, 4.69) is 0 Å². The minimum atomic E-state index is -0.688. The van der Waals surface area contributed by atoms with Gasteiger partial charge in [-0.3, -0.25) is 14.9 Å². The Balaban J connectivity index is 1.81. The van der Waals surface area contributed by atoms with Crippen molar-refractivity contribution in [3.05, 3.63) is 56.3 Å². The Labute approximate surface area is 142 Å². The smallest absolute Gasteiger partial charge is 0.310 e. The number of hydrogen-bond acceptors (Lipinski definition) is 6. The molecule has 126 valence electrons. The Morgan fingerprint density at radius 1 is 1.42 bits per heavy atom. The largest absolute Gasteiger partial charge is 0.502 e. The first-order chi connectivity index (χ1) is 11.5. The number of nitro benzene ring substituents is 1. The Morgan fingerprint density at radius 2 is 2.21 bits per heavy atom. The van der Waals surface area contributed by atoms with Crippen LogP contribution in [0, 0.1) is 10.1 Å². The highest BCUT2D eigenvalue weighted by Crippen LogP contribution is 2.30. The molecular formula is C16H16N2O5S. The molecule has 1 fully saturated rings. The third kappa shape index (κ3) is 3.24. The number of nitrogens with zero attached hydrogens (tertiary/aromatic N) is 2. The Hall–Kier alpha value is -2.45. The van der Waals surface area contributed by atoms with E-state index < -0.39 is 16.4 Å². The highest BCUT2D eigenvalue weighted by Gasteiger charge is 2.30. The lowest BCUT2D eigenvalue weighted by Crippen LogP contribution is -2.45. The summed E-state index contributed by atoms with van der Waals surface area (Å²) in [4.78, 5) is 24.4. The highest BCUT2D eigenvalue weighted by atomic mass is 32.1. The first kappa shape index (κ1) is 16.4. The lowest BCUT2D eigenvalue weighted by Gasteiger charge is -2.36. The number of phenolic OH excluding ortho intramolecular Hbond substituents is 1. The highest BCUT2D eigenvalue weighted by molar-refractivity contribution is 7.07. The van der Waals surface area contributed by atoms with E-state index in [0.717, 1.165) is 17.7 Å². The number of hydrogen-bond donors (Lipinski definition) is 1. The molecule has 1 amide bonds. The van der Waals surface area contributed by atoms with Crippen molar-refractivity contribution in [2.24, 2.45) is 0 Å². The monoisotopic (exact) mass is 348 g/mol. The molecule has 0 radical (unpaired) electrons. The van der Waals surface area contributed by atoms with Crippen LogP contribution in [0.25, 0.3) is 0 Å². The van der Waals surface area contributed by atoms with Gasteiger partial charge in [-0.1, -0.05) is 0 Å². The van der Waals surface area contributed by atoms with Gasteiger partial charge in [-0.15, -0.1) is 0 Å². The molecule has 0 aliphatic carbocycles. The second-order valence-electron chi connectivity index (χ2n) is 5.66. The number of nitro groups is 1. The lowest BCUT2D eigenvalue weighted by molar-refractivity contribution is -0.385. The molecule has 3 rings (SSSR count). The molecule has 2 heterocycles. The first-order valence-corrected chi connectivity index (χ1v) is 8.34. The normalized spacial score (nSPS) is 20.8. The van der Waals surface area contributed by atoms with Gasteiger partial charge in [0.25, 0.3) is 5.91 Å². The lowest BCUT2D eigenvalue weighted by atomic mass is 10.1. The Bertz CT molecular complexity index is 762. The first-order valence-electron chi connectivity index (χ1n) is 7.40. The second kappa shape index (κ2) is 6.58. The van der Waals surface area contributed by atoms with Gasteiger partial charge in [0, 0.05) is 18.2 Å². The summed E-state index contributed by atoms with van der Waals surface area (Å²) in [6.45, 7) is 2.72. The molecule has 0 bridgehead atoms. The van der Waals surface area contributed by atoms with Gasteiger partial charge in [-0.2, -0.15) is 11.3 Å². The maximum Gasteiger partial charge on any atom is 0.310 e. The van der Waals surface area contributed by atoms with Crippen molar-refractivity contribution in [3.63, 3.8) is 0 Å². The van der Waals surface area contributed by atoms with E-state index >= 15 is 0 Å². The van der Waals surface area contributed by atoms with Crippen LogP contribution in [-0.2, 0) is 4.74 Å². The van der Waals surface area contributed by atoms with Gasteiger partial charge in [-0.25, -0.2) is 0 Å². The summed E-state index contributed by atoms with van der Waals surface area (Å²) in [7, 11) is 0. The second-order valence-corrected chi connectivity index (χ2v) is 6.44. The fraction of sp³-hybridized carbons (Fsp3) is 0.312. The van der Waals surface area contributed by atoms with Gasteiger partial charge in [0.1, 0.15) is 6.10 Å². The van der Waals surface area contributed by atoms with Crippen molar-refractivity contribution in [1.82, 2.24) is 4.90 Å². The van der Waals surface area contributed by atoms with E-state index in [9.17, 15) is 20.0 Å². The minimum Gasteiger partial charge on any atom is -0.502 e. The average Bonchev–Trinajstić information content (AvgIpc) is 3.07. The Kier molecular flexibility index (Phi) is 4.50. The van der Waals surface area contributed by atoms with Crippen molar-refractivity contribution in [1.29, 1.82) is 0 Å². The molecule has 0 unspecified atom stereocenters. The van der Waals surface area contributed by atoms with Crippen LogP contribution in [0.3, 0.4) is 0 Å². The number of thiophene rings is 1. The van der Waals surface area contributed by atoms with E-state index in [1.54, 1.807) is 16.2 Å². The zero-order valence-electron chi connectivity index (χ0n) is 12.9. The zero-order chi connectivity index (χ0) is 17.3. The van der Waals surface area contributed by atoms with Crippen LogP contribution >= 0.6 is 11.3 Å². The van der Waals surface area contributed by atoms with E-state index in [-0.39, 0.29) is 23.7 Å². The van der Waals surface area contributed by atoms with E-state index in [1.165, 1.54) is 6.07 Å². The molecule has 0 spiro atoms. The number of morpholine rings is 1. The molecule has 1 N–H and O–H groups in total. The fourth-order valence-electron chi connectivity index (χ4n) is 2.75. The third-order valence-electron chi connectivity index (χ3n) is 3.88. The number of carbonyl (C=O) groups is 1. The van der Waals surface area contributed by atoms with Crippen LogP contribution in [0.4, 0.5) is 5.69 Å². The fourth-order valence-corrected chi connectivity index (χ4v) is 3.45. The van der Waals surface area contributed by atoms with Crippen molar-refractivity contribution < 1.29 is 19.6 Å². The van der Waals surface area contributed by atoms with Gasteiger partial charge in [0.05, 0.1) is 17.6 Å². The van der Waals surface area contributed by atoms with Crippen LogP contribution < -0.4 is 0 Å². The zero-order valence-corrected chi connectivity index (χ0v) is 13.7. The maximum absolute atomic E-state index is 12.7. The quantitative estimate of drug-likeness (QED) is 0.680. The topological polar surface area (TPSA) is 92.9 Å². The molecule has 7 nitrogen and oxygen atoms in total. The number of ether oxygens (including phenoxy) is 1. The SMILES string of the molecule is C[C@@H]1CN(C(=O)c2ccc([N+](=O)[O-])c(O)c2)C[C@@H](c2ccsc2)O1. The summed E-state index contributed by atoms with van der Waals surface area (Å²) >= 11 is 1.57. The van der Waals surface area contributed by atoms with E-state index in [1.807, 2.05) is 23.8 Å².